The van der Waals surface area contributed by atoms with E-state index in [0.717, 1.165) is 0 Å². The molecule has 7 heteroatoms. The van der Waals surface area contributed by atoms with Crippen LogP contribution in [-0.4, -0.2) is 33.0 Å². The van der Waals surface area contributed by atoms with Crippen molar-refractivity contribution in [3.8, 4) is 0 Å². The number of hydrogen-bond donors (Lipinski definition) is 2. The van der Waals surface area contributed by atoms with E-state index in [1.54, 1.807) is 6.92 Å². The summed E-state index contributed by atoms with van der Waals surface area (Å²) in [5, 5.41) is 5.97. The number of hydrogen-bond acceptors (Lipinski definition) is 5. The number of anilines is 2. The second-order valence-corrected chi connectivity index (χ2v) is 4.93. The van der Waals surface area contributed by atoms with Gasteiger partial charge in [0.25, 0.3) is 5.92 Å². The van der Waals surface area contributed by atoms with Gasteiger partial charge in [0, 0.05) is 24.9 Å². The van der Waals surface area contributed by atoms with Crippen LogP contribution < -0.4 is 10.6 Å². The molecule has 2 rings (SSSR count). The maximum atomic E-state index is 12.7. The number of nitrogens with one attached hydrogen (secondary N) is 2. The third-order valence-electron chi connectivity index (χ3n) is 2.59. The summed E-state index contributed by atoms with van der Waals surface area (Å²) in [6, 6.07) is -0.0543. The van der Waals surface area contributed by atoms with Crippen molar-refractivity contribution in [2.75, 3.05) is 10.6 Å². The van der Waals surface area contributed by atoms with Crippen LogP contribution in [0.1, 0.15) is 32.5 Å². The van der Waals surface area contributed by atoms with E-state index in [-0.39, 0.29) is 24.9 Å². The highest BCUT2D eigenvalue weighted by Crippen LogP contribution is 2.38. The van der Waals surface area contributed by atoms with Crippen LogP contribution >= 0.6 is 0 Å². The predicted octanol–water partition coefficient (Wildman–Crippen LogP) is 2.21. The van der Waals surface area contributed by atoms with Crippen LogP contribution in [0.2, 0.25) is 0 Å². The van der Waals surface area contributed by atoms with Crippen LogP contribution in [-0.2, 0) is 0 Å². The average Bonchev–Trinajstić information content (AvgIpc) is 2.11. The molecule has 5 nitrogen and oxygen atoms in total. The number of aryl methyl sites for hydroxylation is 1. The van der Waals surface area contributed by atoms with Crippen LogP contribution in [0.25, 0.3) is 0 Å². The normalized spacial score (nSPS) is 18.6. The molecule has 1 aliphatic rings. The van der Waals surface area contributed by atoms with Gasteiger partial charge >= 0.3 is 0 Å². The summed E-state index contributed by atoms with van der Waals surface area (Å²) in [5.41, 5.74) is 0. The predicted molar refractivity (Wildman–Crippen MR) is 64.9 cm³/mol. The van der Waals surface area contributed by atoms with Gasteiger partial charge < -0.3 is 10.6 Å². The summed E-state index contributed by atoms with van der Waals surface area (Å²) in [6.07, 6.45) is -0.324. The molecule has 100 valence electrons. The van der Waals surface area contributed by atoms with Crippen LogP contribution in [0.15, 0.2) is 0 Å². The Bertz CT molecular complexity index is 427. The van der Waals surface area contributed by atoms with Gasteiger partial charge in [-0.2, -0.15) is 15.0 Å². The molecule has 1 aliphatic carbocycles. The monoisotopic (exact) mass is 257 g/mol. The molecule has 1 saturated carbocycles. The summed E-state index contributed by atoms with van der Waals surface area (Å²) in [7, 11) is 0. The van der Waals surface area contributed by atoms with Crippen molar-refractivity contribution >= 4 is 11.9 Å². The van der Waals surface area contributed by atoms with Crippen LogP contribution in [0, 0.1) is 6.92 Å². The minimum atomic E-state index is -2.54. The maximum Gasteiger partial charge on any atom is 0.252 e. The third kappa shape index (κ3) is 3.24. The number of rotatable bonds is 4. The molecular formula is C11H17F2N5. The maximum absolute atomic E-state index is 12.7. The fourth-order valence-corrected chi connectivity index (χ4v) is 1.81. The summed E-state index contributed by atoms with van der Waals surface area (Å²) in [4.78, 5) is 12.4. The SMILES string of the molecule is Cc1nc(NC(C)C)nc(NC2CC(F)(F)C2)n1. The van der Waals surface area contributed by atoms with E-state index < -0.39 is 5.92 Å². The van der Waals surface area contributed by atoms with Crippen LogP contribution in [0.4, 0.5) is 20.7 Å². The lowest BCUT2D eigenvalue weighted by molar-refractivity contribution is -0.0794. The molecule has 1 aromatic rings. The van der Waals surface area contributed by atoms with Crippen molar-refractivity contribution in [1.82, 2.24) is 15.0 Å². The minimum Gasteiger partial charge on any atom is -0.352 e. The average molecular weight is 257 g/mol. The van der Waals surface area contributed by atoms with Crippen molar-refractivity contribution < 1.29 is 8.78 Å². The summed E-state index contributed by atoms with van der Waals surface area (Å²) in [6.45, 7) is 5.69. The molecule has 1 fully saturated rings. The Morgan fingerprint density at radius 2 is 1.78 bits per heavy atom. The molecule has 0 radical (unpaired) electrons. The standard InChI is InChI=1S/C11H17F2N5/c1-6(2)14-9-15-7(3)16-10(18-9)17-8-4-11(12,13)5-8/h6,8H,4-5H2,1-3H3,(H2,14,15,16,17,18). The molecule has 0 aromatic carbocycles. The Kier molecular flexibility index (Phi) is 3.32. The van der Waals surface area contributed by atoms with E-state index in [4.69, 9.17) is 0 Å². The van der Waals surface area contributed by atoms with Crippen molar-refractivity contribution in [2.45, 2.75) is 51.6 Å². The first-order chi connectivity index (χ1) is 8.34. The van der Waals surface area contributed by atoms with E-state index >= 15 is 0 Å². The van der Waals surface area contributed by atoms with Gasteiger partial charge in [-0.15, -0.1) is 0 Å². The molecule has 0 aliphatic heterocycles. The second-order valence-electron chi connectivity index (χ2n) is 4.93. The van der Waals surface area contributed by atoms with Crippen LogP contribution in [0.5, 0.6) is 0 Å². The van der Waals surface area contributed by atoms with Gasteiger partial charge in [-0.25, -0.2) is 8.78 Å². The van der Waals surface area contributed by atoms with E-state index in [1.165, 1.54) is 0 Å². The first-order valence-electron chi connectivity index (χ1n) is 5.98. The van der Waals surface area contributed by atoms with Crippen molar-refractivity contribution in [2.24, 2.45) is 0 Å². The number of nitrogens with zero attached hydrogens (tertiary/aromatic N) is 3. The van der Waals surface area contributed by atoms with Gasteiger partial charge in [0.05, 0.1) is 0 Å². The highest BCUT2D eigenvalue weighted by Gasteiger charge is 2.45. The third-order valence-corrected chi connectivity index (χ3v) is 2.59. The first kappa shape index (κ1) is 12.9. The summed E-state index contributed by atoms with van der Waals surface area (Å²) in [5.74, 6) is -1.17. The molecular weight excluding hydrogens is 240 g/mol. The molecule has 0 spiro atoms. The van der Waals surface area contributed by atoms with Crippen molar-refractivity contribution in [1.29, 1.82) is 0 Å². The molecule has 0 saturated heterocycles. The highest BCUT2D eigenvalue weighted by atomic mass is 19.3. The lowest BCUT2D eigenvalue weighted by atomic mass is 9.88. The fraction of sp³-hybridized carbons (Fsp3) is 0.727. The Morgan fingerprint density at radius 1 is 1.17 bits per heavy atom. The zero-order valence-electron chi connectivity index (χ0n) is 10.7. The topological polar surface area (TPSA) is 62.7 Å². The molecule has 1 aromatic heterocycles. The van der Waals surface area contributed by atoms with E-state index in [9.17, 15) is 8.78 Å². The van der Waals surface area contributed by atoms with Gasteiger partial charge in [-0.05, 0) is 20.8 Å². The second kappa shape index (κ2) is 4.62. The van der Waals surface area contributed by atoms with E-state index in [2.05, 4.69) is 25.6 Å². The zero-order chi connectivity index (χ0) is 13.3. The molecule has 1 heterocycles. The van der Waals surface area contributed by atoms with Gasteiger partial charge in [-0.1, -0.05) is 0 Å². The van der Waals surface area contributed by atoms with Gasteiger partial charge in [0.15, 0.2) is 0 Å². The Morgan fingerprint density at radius 3 is 2.33 bits per heavy atom. The fourth-order valence-electron chi connectivity index (χ4n) is 1.81. The number of aromatic nitrogens is 3. The van der Waals surface area contributed by atoms with Crippen molar-refractivity contribution in [3.05, 3.63) is 5.82 Å². The lowest BCUT2D eigenvalue weighted by Gasteiger charge is -2.35. The molecule has 0 unspecified atom stereocenters. The Hall–Kier alpha value is -1.53. The summed E-state index contributed by atoms with van der Waals surface area (Å²) < 4.78 is 25.4. The first-order valence-corrected chi connectivity index (χ1v) is 5.98. The number of alkyl halides is 2. The van der Waals surface area contributed by atoms with E-state index in [0.29, 0.717) is 17.7 Å². The number of halogens is 2. The Labute approximate surface area is 104 Å². The highest BCUT2D eigenvalue weighted by molar-refractivity contribution is 5.36. The smallest absolute Gasteiger partial charge is 0.252 e. The van der Waals surface area contributed by atoms with Gasteiger partial charge in [0.2, 0.25) is 11.9 Å². The molecule has 0 amide bonds. The molecule has 0 atom stereocenters. The quantitative estimate of drug-likeness (QED) is 0.866. The summed E-state index contributed by atoms with van der Waals surface area (Å²) >= 11 is 0. The van der Waals surface area contributed by atoms with Gasteiger partial charge in [-0.3, -0.25) is 0 Å². The zero-order valence-corrected chi connectivity index (χ0v) is 10.7. The van der Waals surface area contributed by atoms with Crippen molar-refractivity contribution in [3.63, 3.8) is 0 Å². The molecule has 2 N–H and O–H groups in total. The van der Waals surface area contributed by atoms with Gasteiger partial charge in [0.1, 0.15) is 5.82 Å². The van der Waals surface area contributed by atoms with Crippen LogP contribution in [0.3, 0.4) is 0 Å². The lowest BCUT2D eigenvalue weighted by Crippen LogP contribution is -2.44. The van der Waals surface area contributed by atoms with E-state index in [1.807, 2.05) is 13.8 Å². The largest absolute Gasteiger partial charge is 0.352 e. The Balaban J connectivity index is 2.02. The molecule has 0 bridgehead atoms. The molecule has 18 heavy (non-hydrogen) atoms. The minimum absolute atomic E-state index is 0.162.